The Hall–Kier alpha value is -1.78. The Morgan fingerprint density at radius 1 is 1.12 bits per heavy atom. The topological polar surface area (TPSA) is 106 Å². The van der Waals surface area contributed by atoms with Gasteiger partial charge >= 0.3 is 5.69 Å². The summed E-state index contributed by atoms with van der Waals surface area (Å²) >= 11 is 0. The normalized spacial score (nSPS) is 23.7. The molecule has 0 radical (unpaired) electrons. The number of nitrogens with zero attached hydrogens (tertiary/aromatic N) is 2. The Bertz CT molecular complexity index is 1040. The van der Waals surface area contributed by atoms with Crippen molar-refractivity contribution in [1.29, 1.82) is 5.26 Å². The highest BCUT2D eigenvalue weighted by molar-refractivity contribution is 6.74. The van der Waals surface area contributed by atoms with E-state index in [-0.39, 0.29) is 16.7 Å². The third kappa shape index (κ3) is 6.02. The standard InChI is InChI=1S/C23H39N3O5Si2/c1-22(2,3)32(7,8)29-15-17-16(11-13-24)19(31-33(9,10)23(4,5)6)20(30-17)26-14-12-18(27)25-21(26)28/h11-12,14,17,19-20H,15H2,1-10H3,(H,25,27,28)/b16-11+/t17-,19-,20-/m1/s1. The van der Waals surface area contributed by atoms with Crippen LogP contribution in [0.3, 0.4) is 0 Å². The van der Waals surface area contributed by atoms with Gasteiger partial charge in [0.05, 0.1) is 12.7 Å². The van der Waals surface area contributed by atoms with Gasteiger partial charge in [-0.15, -0.1) is 0 Å². The van der Waals surface area contributed by atoms with Crippen LogP contribution in [0.25, 0.3) is 0 Å². The predicted octanol–water partition coefficient (Wildman–Crippen LogP) is 4.30. The van der Waals surface area contributed by atoms with E-state index in [4.69, 9.17) is 13.6 Å². The highest BCUT2D eigenvalue weighted by atomic mass is 28.4. The van der Waals surface area contributed by atoms with Crippen molar-refractivity contribution < 1.29 is 13.6 Å². The molecule has 1 aliphatic heterocycles. The average Bonchev–Trinajstić information content (AvgIpc) is 2.95. The number of hydrogen-bond donors (Lipinski definition) is 1. The number of hydrogen-bond acceptors (Lipinski definition) is 6. The fourth-order valence-electron chi connectivity index (χ4n) is 3.01. The molecule has 1 saturated heterocycles. The maximum Gasteiger partial charge on any atom is 0.330 e. The first-order chi connectivity index (χ1) is 14.9. The Kier molecular flexibility index (Phi) is 7.88. The van der Waals surface area contributed by atoms with Gasteiger partial charge in [-0.1, -0.05) is 41.5 Å². The molecule has 8 nitrogen and oxygen atoms in total. The second kappa shape index (κ2) is 9.46. The fourth-order valence-corrected chi connectivity index (χ4v) is 5.25. The van der Waals surface area contributed by atoms with Gasteiger partial charge in [0.1, 0.15) is 12.2 Å². The molecule has 1 aliphatic rings. The summed E-state index contributed by atoms with van der Waals surface area (Å²) in [7, 11) is -4.39. The highest BCUT2D eigenvalue weighted by Gasteiger charge is 2.49. The zero-order chi connectivity index (χ0) is 25.4. The lowest BCUT2D eigenvalue weighted by Gasteiger charge is -2.39. The number of nitrogens with one attached hydrogen (secondary N) is 1. The van der Waals surface area contributed by atoms with Crippen LogP contribution in [-0.4, -0.2) is 45.0 Å². The van der Waals surface area contributed by atoms with E-state index in [9.17, 15) is 14.9 Å². The molecule has 0 aromatic carbocycles. The van der Waals surface area contributed by atoms with Crippen LogP contribution in [0.2, 0.25) is 36.3 Å². The lowest BCUT2D eigenvalue weighted by molar-refractivity contribution is -0.0483. The van der Waals surface area contributed by atoms with Crippen molar-refractivity contribution in [3.63, 3.8) is 0 Å². The molecule has 0 unspecified atom stereocenters. The monoisotopic (exact) mass is 493 g/mol. The molecule has 0 amide bonds. The maximum atomic E-state index is 12.6. The van der Waals surface area contributed by atoms with Gasteiger partial charge in [0.2, 0.25) is 0 Å². The largest absolute Gasteiger partial charge is 0.414 e. The van der Waals surface area contributed by atoms with Crippen LogP contribution in [0.4, 0.5) is 0 Å². The summed E-state index contributed by atoms with van der Waals surface area (Å²) in [4.78, 5) is 26.5. The molecule has 184 valence electrons. The van der Waals surface area contributed by atoms with E-state index in [1.165, 1.54) is 22.9 Å². The molecule has 0 saturated carbocycles. The summed E-state index contributed by atoms with van der Waals surface area (Å²) in [5, 5.41) is 9.47. The molecule has 2 rings (SSSR count). The van der Waals surface area contributed by atoms with Crippen molar-refractivity contribution in [2.24, 2.45) is 0 Å². The maximum absolute atomic E-state index is 12.6. The van der Waals surface area contributed by atoms with Crippen LogP contribution in [0.5, 0.6) is 0 Å². The second-order valence-electron chi connectivity index (χ2n) is 11.7. The molecule has 0 spiro atoms. The van der Waals surface area contributed by atoms with E-state index in [1.54, 1.807) is 0 Å². The quantitative estimate of drug-likeness (QED) is 0.468. The molecule has 1 aromatic heterocycles. The van der Waals surface area contributed by atoms with Gasteiger partial charge < -0.3 is 13.6 Å². The van der Waals surface area contributed by atoms with E-state index in [0.29, 0.717) is 5.57 Å². The van der Waals surface area contributed by atoms with Gasteiger partial charge in [0.15, 0.2) is 22.9 Å². The minimum atomic E-state index is -2.31. The molecular weight excluding hydrogens is 454 g/mol. The first kappa shape index (κ1) is 27.5. The lowest BCUT2D eigenvalue weighted by Crippen LogP contribution is -2.47. The van der Waals surface area contributed by atoms with Crippen LogP contribution in [-0.2, 0) is 13.6 Å². The van der Waals surface area contributed by atoms with Crippen molar-refractivity contribution in [3.8, 4) is 6.07 Å². The number of nitriles is 1. The molecule has 2 heterocycles. The van der Waals surface area contributed by atoms with Crippen molar-refractivity contribution in [2.45, 2.75) is 96.2 Å². The molecule has 1 N–H and O–H groups in total. The van der Waals surface area contributed by atoms with Gasteiger partial charge in [-0.3, -0.25) is 14.3 Å². The van der Waals surface area contributed by atoms with Gasteiger partial charge in [0.25, 0.3) is 5.56 Å². The number of allylic oxidation sites excluding steroid dienone is 1. The van der Waals surface area contributed by atoms with E-state index in [2.05, 4.69) is 78.8 Å². The van der Waals surface area contributed by atoms with Crippen molar-refractivity contribution in [1.82, 2.24) is 9.55 Å². The Morgan fingerprint density at radius 2 is 1.70 bits per heavy atom. The highest BCUT2D eigenvalue weighted by Crippen LogP contribution is 2.44. The third-order valence-corrected chi connectivity index (χ3v) is 16.2. The number of aromatic nitrogens is 2. The Balaban J connectivity index is 2.52. The van der Waals surface area contributed by atoms with E-state index < -0.39 is 46.3 Å². The first-order valence-corrected chi connectivity index (χ1v) is 17.1. The van der Waals surface area contributed by atoms with Gasteiger partial charge in [-0.05, 0) is 36.3 Å². The van der Waals surface area contributed by atoms with Crippen LogP contribution >= 0.6 is 0 Å². The molecule has 0 aliphatic carbocycles. The minimum Gasteiger partial charge on any atom is -0.414 e. The summed E-state index contributed by atoms with van der Waals surface area (Å²) in [5.74, 6) is 0. The number of H-pyrrole nitrogens is 1. The second-order valence-corrected chi connectivity index (χ2v) is 21.2. The van der Waals surface area contributed by atoms with E-state index >= 15 is 0 Å². The van der Waals surface area contributed by atoms with Gasteiger partial charge in [-0.25, -0.2) is 4.79 Å². The minimum absolute atomic E-state index is 0.0109. The van der Waals surface area contributed by atoms with Crippen LogP contribution in [0.15, 0.2) is 33.5 Å². The SMILES string of the molecule is CC(C)(C)[Si](C)(C)OC[C@H]1O[C@@H](n2ccc(=O)[nH]c2=O)[C@H](O[Si](C)(C)C(C)(C)C)/C1=C/C#N. The van der Waals surface area contributed by atoms with Crippen LogP contribution in [0, 0.1) is 11.3 Å². The summed E-state index contributed by atoms with van der Waals surface area (Å²) in [6.45, 7) is 21.7. The lowest BCUT2D eigenvalue weighted by atomic mass is 10.1. The molecular formula is C23H39N3O5Si2. The number of rotatable bonds is 6. The zero-order valence-corrected chi connectivity index (χ0v) is 23.6. The van der Waals surface area contributed by atoms with Crippen molar-refractivity contribution in [3.05, 3.63) is 44.8 Å². The molecule has 3 atom stereocenters. The predicted molar refractivity (Wildman–Crippen MR) is 134 cm³/mol. The zero-order valence-electron chi connectivity index (χ0n) is 21.6. The Morgan fingerprint density at radius 3 is 2.18 bits per heavy atom. The van der Waals surface area contributed by atoms with Crippen molar-refractivity contribution >= 4 is 16.6 Å². The fraction of sp³-hybridized carbons (Fsp3) is 0.696. The molecule has 33 heavy (non-hydrogen) atoms. The number of ether oxygens (including phenoxy) is 1. The van der Waals surface area contributed by atoms with Crippen molar-refractivity contribution in [2.75, 3.05) is 6.61 Å². The summed E-state index contributed by atoms with van der Waals surface area (Å²) in [6, 6.07) is 3.40. The average molecular weight is 494 g/mol. The van der Waals surface area contributed by atoms with Gasteiger partial charge in [-0.2, -0.15) is 5.26 Å². The summed E-state index contributed by atoms with van der Waals surface area (Å²) < 4.78 is 20.8. The first-order valence-electron chi connectivity index (χ1n) is 11.3. The Labute approximate surface area is 198 Å². The molecule has 10 heteroatoms. The van der Waals surface area contributed by atoms with Crippen LogP contribution in [0.1, 0.15) is 47.8 Å². The summed E-state index contributed by atoms with van der Waals surface area (Å²) in [5.41, 5.74) is -0.413. The summed E-state index contributed by atoms with van der Waals surface area (Å²) in [6.07, 6.45) is 0.846. The third-order valence-electron chi connectivity index (χ3n) is 7.25. The molecule has 1 aromatic rings. The molecule has 1 fully saturated rings. The molecule has 0 bridgehead atoms. The van der Waals surface area contributed by atoms with E-state index in [0.717, 1.165) is 0 Å². The van der Waals surface area contributed by atoms with Crippen LogP contribution < -0.4 is 11.2 Å². The smallest absolute Gasteiger partial charge is 0.330 e. The van der Waals surface area contributed by atoms with Gasteiger partial charge in [0, 0.05) is 23.9 Å². The number of aromatic amines is 1. The van der Waals surface area contributed by atoms with E-state index in [1.807, 2.05) is 0 Å².